The number of aryl methyl sites for hydroxylation is 2. The van der Waals surface area contributed by atoms with Gasteiger partial charge in [0.25, 0.3) is 11.6 Å². The number of nitro groups is 1. The minimum Gasteiger partial charge on any atom is -0.306 e. The fraction of sp³-hybridized carbons (Fsp3) is 0.158. The molecule has 7 nitrogen and oxygen atoms in total. The van der Waals surface area contributed by atoms with Gasteiger partial charge in [0.15, 0.2) is 0 Å². The van der Waals surface area contributed by atoms with E-state index in [4.69, 9.17) is 0 Å². The molecule has 1 aromatic heterocycles. The molecule has 3 aromatic rings. The fourth-order valence-corrected chi connectivity index (χ4v) is 2.68. The SMILES string of the molecule is Cc1cc(NC(=O)c2cccc(C)c2C)n(-c2ccc([N+](=O)[O-])cc2)n1. The molecule has 7 heteroatoms. The zero-order chi connectivity index (χ0) is 18.8. The minimum absolute atomic E-state index is 0.00130. The molecule has 1 amide bonds. The van der Waals surface area contributed by atoms with Crippen LogP contribution in [0, 0.1) is 30.9 Å². The Morgan fingerprint density at radius 1 is 1.12 bits per heavy atom. The number of hydrogen-bond donors (Lipinski definition) is 1. The third kappa shape index (κ3) is 3.32. The summed E-state index contributed by atoms with van der Waals surface area (Å²) < 4.78 is 1.56. The van der Waals surface area contributed by atoms with Crippen LogP contribution in [0.15, 0.2) is 48.5 Å². The lowest BCUT2D eigenvalue weighted by Gasteiger charge is -2.11. The number of aromatic nitrogens is 2. The van der Waals surface area contributed by atoms with Crippen LogP contribution in [0.4, 0.5) is 11.5 Å². The van der Waals surface area contributed by atoms with E-state index in [0.717, 1.165) is 16.8 Å². The maximum atomic E-state index is 12.7. The molecule has 0 unspecified atom stereocenters. The second kappa shape index (κ2) is 6.79. The largest absolute Gasteiger partial charge is 0.306 e. The first-order chi connectivity index (χ1) is 12.4. The first-order valence-electron chi connectivity index (χ1n) is 8.06. The molecule has 1 N–H and O–H groups in total. The number of nitrogens with one attached hydrogen (secondary N) is 1. The Balaban J connectivity index is 1.93. The van der Waals surface area contributed by atoms with Crippen LogP contribution in [0.3, 0.4) is 0 Å². The van der Waals surface area contributed by atoms with Gasteiger partial charge in [0.2, 0.25) is 0 Å². The van der Waals surface area contributed by atoms with Crippen LogP contribution < -0.4 is 5.32 Å². The van der Waals surface area contributed by atoms with Gasteiger partial charge in [0.1, 0.15) is 5.82 Å². The van der Waals surface area contributed by atoms with Gasteiger partial charge in [-0.1, -0.05) is 12.1 Å². The first-order valence-corrected chi connectivity index (χ1v) is 8.06. The molecule has 3 rings (SSSR count). The number of nitro benzene ring substituents is 1. The smallest absolute Gasteiger partial charge is 0.269 e. The summed E-state index contributed by atoms with van der Waals surface area (Å²) in [6.07, 6.45) is 0. The summed E-state index contributed by atoms with van der Waals surface area (Å²) in [5, 5.41) is 18.1. The number of amides is 1. The molecule has 0 aliphatic rings. The molecule has 0 radical (unpaired) electrons. The zero-order valence-corrected chi connectivity index (χ0v) is 14.7. The predicted molar refractivity (Wildman–Crippen MR) is 98.8 cm³/mol. The first kappa shape index (κ1) is 17.3. The van der Waals surface area contributed by atoms with Gasteiger partial charge in [-0.15, -0.1) is 0 Å². The minimum atomic E-state index is -0.457. The van der Waals surface area contributed by atoms with Crippen molar-refractivity contribution in [1.29, 1.82) is 0 Å². The Kier molecular flexibility index (Phi) is 4.53. The summed E-state index contributed by atoms with van der Waals surface area (Å²) in [5.74, 6) is 0.275. The van der Waals surface area contributed by atoms with Crippen LogP contribution in [0.25, 0.3) is 5.69 Å². The van der Waals surface area contributed by atoms with E-state index in [1.807, 2.05) is 32.9 Å². The molecule has 26 heavy (non-hydrogen) atoms. The van der Waals surface area contributed by atoms with E-state index < -0.39 is 4.92 Å². The molecule has 0 spiro atoms. The molecule has 0 saturated heterocycles. The van der Waals surface area contributed by atoms with Crippen molar-refractivity contribution in [2.45, 2.75) is 20.8 Å². The summed E-state index contributed by atoms with van der Waals surface area (Å²) >= 11 is 0. The van der Waals surface area contributed by atoms with Crippen LogP contribution in [-0.4, -0.2) is 20.6 Å². The van der Waals surface area contributed by atoms with Crippen LogP contribution in [-0.2, 0) is 0 Å². The number of carbonyl (C=O) groups is 1. The van der Waals surface area contributed by atoms with Crippen molar-refractivity contribution in [3.8, 4) is 5.69 Å². The second-order valence-corrected chi connectivity index (χ2v) is 6.06. The molecule has 132 valence electrons. The highest BCUT2D eigenvalue weighted by atomic mass is 16.6. The highest BCUT2D eigenvalue weighted by molar-refractivity contribution is 6.05. The number of nitrogens with zero attached hydrogens (tertiary/aromatic N) is 3. The Labute approximate surface area is 150 Å². The van der Waals surface area contributed by atoms with Gasteiger partial charge in [-0.2, -0.15) is 5.10 Å². The molecular formula is C19H18N4O3. The van der Waals surface area contributed by atoms with Gasteiger partial charge in [0.05, 0.1) is 16.3 Å². The lowest BCUT2D eigenvalue weighted by molar-refractivity contribution is -0.384. The van der Waals surface area contributed by atoms with Gasteiger partial charge in [0, 0.05) is 23.8 Å². The highest BCUT2D eigenvalue weighted by Crippen LogP contribution is 2.21. The monoisotopic (exact) mass is 350 g/mol. The van der Waals surface area contributed by atoms with E-state index in [9.17, 15) is 14.9 Å². The van der Waals surface area contributed by atoms with E-state index >= 15 is 0 Å². The summed E-state index contributed by atoms with van der Waals surface area (Å²) in [6.45, 7) is 5.68. The summed E-state index contributed by atoms with van der Waals surface area (Å²) in [7, 11) is 0. The number of carbonyl (C=O) groups excluding carboxylic acids is 1. The van der Waals surface area contributed by atoms with Gasteiger partial charge < -0.3 is 5.32 Å². The molecule has 1 heterocycles. The van der Waals surface area contributed by atoms with Crippen molar-refractivity contribution < 1.29 is 9.72 Å². The predicted octanol–water partition coefficient (Wildman–Crippen LogP) is 3.96. The number of anilines is 1. The molecular weight excluding hydrogens is 332 g/mol. The number of non-ortho nitro benzene ring substituents is 1. The van der Waals surface area contributed by atoms with Crippen molar-refractivity contribution in [2.24, 2.45) is 0 Å². The average Bonchev–Trinajstić information content (AvgIpc) is 2.97. The summed E-state index contributed by atoms with van der Waals surface area (Å²) in [5.41, 5.74) is 3.90. The molecule has 0 bridgehead atoms. The quantitative estimate of drug-likeness (QED) is 0.570. The third-order valence-electron chi connectivity index (χ3n) is 4.23. The molecule has 2 aromatic carbocycles. The van der Waals surface area contributed by atoms with Crippen LogP contribution in [0.5, 0.6) is 0 Å². The topological polar surface area (TPSA) is 90.1 Å². The van der Waals surface area contributed by atoms with Crippen molar-refractivity contribution in [1.82, 2.24) is 9.78 Å². The summed E-state index contributed by atoms with van der Waals surface area (Å²) in [6, 6.07) is 13.3. The molecule has 0 aliphatic carbocycles. The second-order valence-electron chi connectivity index (χ2n) is 6.06. The Morgan fingerprint density at radius 3 is 2.46 bits per heavy atom. The van der Waals surface area contributed by atoms with Crippen molar-refractivity contribution in [3.63, 3.8) is 0 Å². The number of rotatable bonds is 4. The standard InChI is InChI=1S/C19H18N4O3/c1-12-5-4-6-17(14(12)3)19(24)20-18-11-13(2)21-22(18)15-7-9-16(10-8-15)23(25)26/h4-11H,1-3H3,(H,20,24). The van der Waals surface area contributed by atoms with Crippen molar-refractivity contribution in [2.75, 3.05) is 5.32 Å². The lowest BCUT2D eigenvalue weighted by Crippen LogP contribution is -2.16. The summed E-state index contributed by atoms with van der Waals surface area (Å²) in [4.78, 5) is 23.0. The van der Waals surface area contributed by atoms with E-state index in [1.54, 1.807) is 28.9 Å². The highest BCUT2D eigenvalue weighted by Gasteiger charge is 2.15. The Bertz CT molecular complexity index is 991. The van der Waals surface area contributed by atoms with Crippen molar-refractivity contribution in [3.05, 3.63) is 81.0 Å². The fourth-order valence-electron chi connectivity index (χ4n) is 2.68. The molecule has 0 aliphatic heterocycles. The van der Waals surface area contributed by atoms with Crippen LogP contribution in [0.1, 0.15) is 27.2 Å². The Hall–Kier alpha value is -3.48. The third-order valence-corrected chi connectivity index (χ3v) is 4.23. The zero-order valence-electron chi connectivity index (χ0n) is 14.7. The van der Waals surface area contributed by atoms with E-state index in [-0.39, 0.29) is 11.6 Å². The van der Waals surface area contributed by atoms with Crippen molar-refractivity contribution >= 4 is 17.4 Å². The van der Waals surface area contributed by atoms with Gasteiger partial charge >= 0.3 is 0 Å². The maximum absolute atomic E-state index is 12.7. The van der Waals surface area contributed by atoms with E-state index in [2.05, 4.69) is 10.4 Å². The normalized spacial score (nSPS) is 10.6. The number of hydrogen-bond acceptors (Lipinski definition) is 4. The van der Waals surface area contributed by atoms with Gasteiger partial charge in [-0.25, -0.2) is 4.68 Å². The lowest BCUT2D eigenvalue weighted by atomic mass is 10.0. The van der Waals surface area contributed by atoms with E-state index in [1.165, 1.54) is 12.1 Å². The average molecular weight is 350 g/mol. The number of benzene rings is 2. The molecule has 0 atom stereocenters. The Morgan fingerprint density at radius 2 is 1.81 bits per heavy atom. The van der Waals surface area contributed by atoms with Crippen LogP contribution in [0.2, 0.25) is 0 Å². The van der Waals surface area contributed by atoms with Crippen LogP contribution >= 0.6 is 0 Å². The maximum Gasteiger partial charge on any atom is 0.269 e. The van der Waals surface area contributed by atoms with Gasteiger partial charge in [-0.05, 0) is 50.1 Å². The van der Waals surface area contributed by atoms with Gasteiger partial charge in [-0.3, -0.25) is 14.9 Å². The molecule has 0 saturated carbocycles. The molecule has 0 fully saturated rings. The van der Waals surface area contributed by atoms with E-state index in [0.29, 0.717) is 17.1 Å².